The first kappa shape index (κ1) is 15.7. The van der Waals surface area contributed by atoms with Gasteiger partial charge < -0.3 is 5.32 Å². The van der Waals surface area contributed by atoms with Gasteiger partial charge in [0.1, 0.15) is 0 Å². The minimum atomic E-state index is 0.500. The molecule has 20 heavy (non-hydrogen) atoms. The van der Waals surface area contributed by atoms with Gasteiger partial charge in [-0.15, -0.1) is 0 Å². The number of halogens is 2. The standard InChI is InChI=1S/C16H17Cl2NS/c1-11(2)19-10-12-3-5-13(6-4-12)20-14-7-8-15(17)16(18)9-14/h3-9,11,19H,10H2,1-2H3. The average molecular weight is 326 g/mol. The summed E-state index contributed by atoms with van der Waals surface area (Å²) in [5.41, 5.74) is 1.29. The molecule has 2 aromatic carbocycles. The molecule has 0 unspecified atom stereocenters. The zero-order valence-corrected chi connectivity index (χ0v) is 13.8. The van der Waals surface area contributed by atoms with Crippen LogP contribution in [0.5, 0.6) is 0 Å². The van der Waals surface area contributed by atoms with E-state index in [-0.39, 0.29) is 0 Å². The van der Waals surface area contributed by atoms with Crippen LogP contribution in [0.1, 0.15) is 19.4 Å². The van der Waals surface area contributed by atoms with E-state index < -0.39 is 0 Å². The monoisotopic (exact) mass is 325 g/mol. The van der Waals surface area contributed by atoms with Gasteiger partial charge in [-0.3, -0.25) is 0 Å². The summed E-state index contributed by atoms with van der Waals surface area (Å²) in [6.07, 6.45) is 0. The highest BCUT2D eigenvalue weighted by atomic mass is 35.5. The van der Waals surface area contributed by atoms with Crippen molar-refractivity contribution in [1.29, 1.82) is 0 Å². The molecule has 0 heterocycles. The van der Waals surface area contributed by atoms with Crippen LogP contribution in [0.25, 0.3) is 0 Å². The van der Waals surface area contributed by atoms with E-state index >= 15 is 0 Å². The number of nitrogens with one attached hydrogen (secondary N) is 1. The Labute approximate surface area is 134 Å². The fraction of sp³-hybridized carbons (Fsp3) is 0.250. The second-order valence-electron chi connectivity index (χ2n) is 4.86. The van der Waals surface area contributed by atoms with E-state index in [1.54, 1.807) is 11.8 Å². The van der Waals surface area contributed by atoms with Crippen LogP contribution in [0, 0.1) is 0 Å². The van der Waals surface area contributed by atoms with E-state index in [2.05, 4.69) is 43.4 Å². The first-order chi connectivity index (χ1) is 9.54. The normalized spacial score (nSPS) is 11.1. The van der Waals surface area contributed by atoms with Crippen LogP contribution in [0.4, 0.5) is 0 Å². The van der Waals surface area contributed by atoms with Crippen molar-refractivity contribution in [2.45, 2.75) is 36.2 Å². The average Bonchev–Trinajstić information content (AvgIpc) is 2.42. The summed E-state index contributed by atoms with van der Waals surface area (Å²) in [5, 5.41) is 4.59. The van der Waals surface area contributed by atoms with Crippen molar-refractivity contribution < 1.29 is 0 Å². The molecule has 0 saturated carbocycles. The molecule has 0 aliphatic rings. The fourth-order valence-corrected chi connectivity index (χ4v) is 2.89. The van der Waals surface area contributed by atoms with Crippen molar-refractivity contribution in [3.8, 4) is 0 Å². The van der Waals surface area contributed by atoms with Crippen LogP contribution in [-0.4, -0.2) is 6.04 Å². The van der Waals surface area contributed by atoms with Crippen molar-refractivity contribution >= 4 is 35.0 Å². The Morgan fingerprint density at radius 3 is 2.20 bits per heavy atom. The molecule has 0 amide bonds. The summed E-state index contributed by atoms with van der Waals surface area (Å²) < 4.78 is 0. The fourth-order valence-electron chi connectivity index (χ4n) is 1.67. The maximum atomic E-state index is 6.02. The van der Waals surface area contributed by atoms with E-state index in [1.165, 1.54) is 10.5 Å². The van der Waals surface area contributed by atoms with Crippen molar-refractivity contribution in [3.05, 3.63) is 58.1 Å². The highest BCUT2D eigenvalue weighted by Crippen LogP contribution is 2.32. The Bertz CT molecular complexity index is 567. The number of benzene rings is 2. The summed E-state index contributed by atoms with van der Waals surface area (Å²) in [7, 11) is 0. The lowest BCUT2D eigenvalue weighted by Gasteiger charge is -2.09. The molecule has 106 valence electrons. The smallest absolute Gasteiger partial charge is 0.0603 e. The number of hydrogen-bond acceptors (Lipinski definition) is 2. The van der Waals surface area contributed by atoms with Crippen LogP contribution in [0.15, 0.2) is 52.3 Å². The highest BCUT2D eigenvalue weighted by molar-refractivity contribution is 7.99. The first-order valence-corrected chi connectivity index (χ1v) is 8.07. The third-order valence-electron chi connectivity index (χ3n) is 2.76. The van der Waals surface area contributed by atoms with Gasteiger partial charge in [-0.2, -0.15) is 0 Å². The van der Waals surface area contributed by atoms with Gasteiger partial charge in [-0.05, 0) is 35.9 Å². The van der Waals surface area contributed by atoms with Gasteiger partial charge in [0.25, 0.3) is 0 Å². The number of rotatable bonds is 5. The van der Waals surface area contributed by atoms with Crippen molar-refractivity contribution in [3.63, 3.8) is 0 Å². The van der Waals surface area contributed by atoms with E-state index in [9.17, 15) is 0 Å². The second-order valence-corrected chi connectivity index (χ2v) is 6.82. The third-order valence-corrected chi connectivity index (χ3v) is 4.50. The van der Waals surface area contributed by atoms with Crippen molar-refractivity contribution in [1.82, 2.24) is 5.32 Å². The van der Waals surface area contributed by atoms with Crippen LogP contribution in [0.3, 0.4) is 0 Å². The van der Waals surface area contributed by atoms with E-state index in [1.807, 2.05) is 18.2 Å². The van der Waals surface area contributed by atoms with Gasteiger partial charge in [-0.25, -0.2) is 0 Å². The van der Waals surface area contributed by atoms with Gasteiger partial charge in [0, 0.05) is 22.4 Å². The highest BCUT2D eigenvalue weighted by Gasteiger charge is 2.02. The second kappa shape index (κ2) is 7.37. The van der Waals surface area contributed by atoms with Crippen LogP contribution in [-0.2, 0) is 6.54 Å². The van der Waals surface area contributed by atoms with Gasteiger partial charge in [0.15, 0.2) is 0 Å². The van der Waals surface area contributed by atoms with E-state index in [0.29, 0.717) is 16.1 Å². The summed E-state index contributed by atoms with van der Waals surface area (Å²) in [5.74, 6) is 0. The van der Waals surface area contributed by atoms with E-state index in [0.717, 1.165) is 11.4 Å². The zero-order chi connectivity index (χ0) is 14.5. The van der Waals surface area contributed by atoms with Gasteiger partial charge in [0.05, 0.1) is 10.0 Å². The molecule has 0 aromatic heterocycles. The summed E-state index contributed by atoms with van der Waals surface area (Å²) in [6.45, 7) is 5.19. The lowest BCUT2D eigenvalue weighted by Crippen LogP contribution is -2.21. The lowest BCUT2D eigenvalue weighted by molar-refractivity contribution is 0.588. The molecule has 0 atom stereocenters. The molecule has 0 saturated heterocycles. The summed E-state index contributed by atoms with van der Waals surface area (Å²) >= 11 is 13.6. The van der Waals surface area contributed by atoms with Gasteiger partial charge in [-0.1, -0.05) is 60.9 Å². The molecule has 0 bridgehead atoms. The maximum absolute atomic E-state index is 6.02. The van der Waals surface area contributed by atoms with Crippen LogP contribution in [0.2, 0.25) is 10.0 Å². The molecular formula is C16H17Cl2NS. The largest absolute Gasteiger partial charge is 0.310 e. The van der Waals surface area contributed by atoms with E-state index in [4.69, 9.17) is 23.2 Å². The predicted octanol–water partition coefficient (Wildman–Crippen LogP) is 5.64. The topological polar surface area (TPSA) is 12.0 Å². The summed E-state index contributed by atoms with van der Waals surface area (Å²) in [6, 6.07) is 14.8. The molecule has 0 fully saturated rings. The molecule has 0 radical (unpaired) electrons. The molecule has 2 rings (SSSR count). The lowest BCUT2D eigenvalue weighted by atomic mass is 10.2. The quantitative estimate of drug-likeness (QED) is 0.763. The molecule has 1 N–H and O–H groups in total. The van der Waals surface area contributed by atoms with Crippen LogP contribution >= 0.6 is 35.0 Å². The Morgan fingerprint density at radius 2 is 1.60 bits per heavy atom. The third kappa shape index (κ3) is 4.71. The first-order valence-electron chi connectivity index (χ1n) is 6.50. The van der Waals surface area contributed by atoms with Gasteiger partial charge >= 0.3 is 0 Å². The maximum Gasteiger partial charge on any atom is 0.0603 e. The molecule has 0 aliphatic carbocycles. The van der Waals surface area contributed by atoms with Gasteiger partial charge in [0.2, 0.25) is 0 Å². The summed E-state index contributed by atoms with van der Waals surface area (Å²) in [4.78, 5) is 2.28. The SMILES string of the molecule is CC(C)NCc1ccc(Sc2ccc(Cl)c(Cl)c2)cc1. The minimum absolute atomic E-state index is 0.500. The Morgan fingerprint density at radius 1 is 0.950 bits per heavy atom. The zero-order valence-electron chi connectivity index (χ0n) is 11.5. The molecule has 0 aliphatic heterocycles. The van der Waals surface area contributed by atoms with Crippen molar-refractivity contribution in [2.75, 3.05) is 0 Å². The Kier molecular flexibility index (Phi) is 5.79. The molecule has 0 spiro atoms. The number of hydrogen-bond donors (Lipinski definition) is 1. The Hall–Kier alpha value is -0.670. The molecule has 1 nitrogen and oxygen atoms in total. The minimum Gasteiger partial charge on any atom is -0.310 e. The molecule has 4 heteroatoms. The molecular weight excluding hydrogens is 309 g/mol. The molecule has 2 aromatic rings. The van der Waals surface area contributed by atoms with Crippen LogP contribution < -0.4 is 5.32 Å². The van der Waals surface area contributed by atoms with Crippen molar-refractivity contribution in [2.24, 2.45) is 0 Å². The predicted molar refractivity (Wildman–Crippen MR) is 89.0 cm³/mol. The Balaban J connectivity index is 2.01.